The van der Waals surface area contributed by atoms with E-state index in [0.717, 1.165) is 6.42 Å². The number of hydrogen-bond acceptors (Lipinski definition) is 0. The molecule has 1 atom stereocenters. The third-order valence-electron chi connectivity index (χ3n) is 3.06. The summed E-state index contributed by atoms with van der Waals surface area (Å²) in [5, 5.41) is 0. The molecule has 0 spiro atoms. The van der Waals surface area contributed by atoms with E-state index in [-0.39, 0.29) is 0 Å². The Hall–Kier alpha value is -1.30. The topological polar surface area (TPSA) is 0 Å². The van der Waals surface area contributed by atoms with Crippen molar-refractivity contribution in [2.24, 2.45) is 5.92 Å². The normalized spacial score (nSPS) is 20.6. The van der Waals surface area contributed by atoms with E-state index in [1.165, 1.54) is 16.7 Å². The zero-order valence-electron chi connectivity index (χ0n) is 8.83. The summed E-state index contributed by atoms with van der Waals surface area (Å²) in [6.07, 6.45) is 5.70. The number of hydrogen-bond donors (Lipinski definition) is 0. The molecule has 0 bridgehead atoms. The zero-order chi connectivity index (χ0) is 9.97. The van der Waals surface area contributed by atoms with Gasteiger partial charge in [0.2, 0.25) is 0 Å². The summed E-state index contributed by atoms with van der Waals surface area (Å²) in [4.78, 5) is 0. The molecule has 0 amide bonds. The van der Waals surface area contributed by atoms with Crippen LogP contribution in [0.2, 0.25) is 0 Å². The summed E-state index contributed by atoms with van der Waals surface area (Å²) < 4.78 is 0. The van der Waals surface area contributed by atoms with Crippen LogP contribution in [0.4, 0.5) is 0 Å². The Kier molecular flexibility index (Phi) is 2.53. The maximum Gasteiger partial charge on any atom is 0.00233 e. The third kappa shape index (κ3) is 1.79. The van der Waals surface area contributed by atoms with Crippen LogP contribution in [0.1, 0.15) is 19.4 Å². The Morgan fingerprint density at radius 3 is 2.36 bits per heavy atom. The first-order chi connectivity index (χ1) is 6.77. The SMILES string of the molecule is CC1=C(C)C(Cc2ccccc2)C=C1. The van der Waals surface area contributed by atoms with Gasteiger partial charge in [-0.05, 0) is 25.8 Å². The molecule has 0 aromatic heterocycles. The largest absolute Gasteiger partial charge is 0.0767 e. The summed E-state index contributed by atoms with van der Waals surface area (Å²) in [6, 6.07) is 10.7. The van der Waals surface area contributed by atoms with Crippen LogP contribution in [0.15, 0.2) is 53.6 Å². The van der Waals surface area contributed by atoms with E-state index in [9.17, 15) is 0 Å². The highest BCUT2D eigenvalue weighted by Crippen LogP contribution is 2.27. The molecule has 72 valence electrons. The van der Waals surface area contributed by atoms with Crippen molar-refractivity contribution in [3.63, 3.8) is 0 Å². The molecule has 2 rings (SSSR count). The molecule has 0 saturated carbocycles. The lowest BCUT2D eigenvalue weighted by Gasteiger charge is -2.10. The molecular formula is C14H16. The van der Waals surface area contributed by atoms with E-state index in [4.69, 9.17) is 0 Å². The highest BCUT2D eigenvalue weighted by atomic mass is 14.2. The highest BCUT2D eigenvalue weighted by Gasteiger charge is 2.14. The number of benzene rings is 1. The smallest absolute Gasteiger partial charge is 0.00233 e. The summed E-state index contributed by atoms with van der Waals surface area (Å²) in [6.45, 7) is 4.43. The van der Waals surface area contributed by atoms with Crippen LogP contribution in [0, 0.1) is 5.92 Å². The Morgan fingerprint density at radius 2 is 1.79 bits per heavy atom. The minimum atomic E-state index is 0.623. The molecule has 0 aliphatic heterocycles. The molecular weight excluding hydrogens is 168 g/mol. The molecule has 0 N–H and O–H groups in total. The molecule has 1 aromatic carbocycles. The molecule has 0 heteroatoms. The Morgan fingerprint density at radius 1 is 1.07 bits per heavy atom. The van der Waals surface area contributed by atoms with Crippen molar-refractivity contribution >= 4 is 0 Å². The number of rotatable bonds is 2. The highest BCUT2D eigenvalue weighted by molar-refractivity contribution is 5.35. The van der Waals surface area contributed by atoms with E-state index >= 15 is 0 Å². The second-order valence-corrected chi connectivity index (χ2v) is 4.02. The molecule has 0 radical (unpaired) electrons. The molecule has 1 aliphatic rings. The Labute approximate surface area is 86.0 Å². The van der Waals surface area contributed by atoms with Gasteiger partial charge < -0.3 is 0 Å². The Bertz CT molecular complexity index is 368. The van der Waals surface area contributed by atoms with E-state index in [1.54, 1.807) is 0 Å². The fourth-order valence-electron chi connectivity index (χ4n) is 1.92. The van der Waals surface area contributed by atoms with Crippen molar-refractivity contribution in [3.05, 3.63) is 59.2 Å². The molecule has 0 nitrogen and oxygen atoms in total. The molecule has 0 fully saturated rings. The second-order valence-electron chi connectivity index (χ2n) is 4.02. The van der Waals surface area contributed by atoms with Gasteiger partial charge in [0.15, 0.2) is 0 Å². The van der Waals surface area contributed by atoms with E-state index in [2.05, 4.69) is 56.3 Å². The first-order valence-electron chi connectivity index (χ1n) is 5.17. The second kappa shape index (κ2) is 3.83. The molecule has 0 heterocycles. The van der Waals surface area contributed by atoms with Gasteiger partial charge in [0.1, 0.15) is 0 Å². The quantitative estimate of drug-likeness (QED) is 0.656. The molecule has 1 unspecified atom stereocenters. The maximum atomic E-state index is 2.32. The van der Waals surface area contributed by atoms with Crippen LogP contribution in [0.3, 0.4) is 0 Å². The summed E-state index contributed by atoms with van der Waals surface area (Å²) in [7, 11) is 0. The summed E-state index contributed by atoms with van der Waals surface area (Å²) >= 11 is 0. The third-order valence-corrected chi connectivity index (χ3v) is 3.06. The van der Waals surface area contributed by atoms with Gasteiger partial charge in [-0.25, -0.2) is 0 Å². The fourth-order valence-corrected chi connectivity index (χ4v) is 1.92. The van der Waals surface area contributed by atoms with Crippen molar-refractivity contribution in [1.29, 1.82) is 0 Å². The molecule has 1 aromatic rings. The van der Waals surface area contributed by atoms with Crippen LogP contribution >= 0.6 is 0 Å². The van der Waals surface area contributed by atoms with Crippen LogP contribution in [0.5, 0.6) is 0 Å². The first kappa shape index (κ1) is 9.26. The lowest BCUT2D eigenvalue weighted by atomic mass is 9.94. The molecule has 1 aliphatic carbocycles. The minimum absolute atomic E-state index is 0.623. The standard InChI is InChI=1S/C14H16/c1-11-8-9-14(12(11)2)10-13-6-4-3-5-7-13/h3-9,14H,10H2,1-2H3. The predicted molar refractivity (Wildman–Crippen MR) is 61.2 cm³/mol. The lowest BCUT2D eigenvalue weighted by Crippen LogP contribution is -2.00. The van der Waals surface area contributed by atoms with Gasteiger partial charge in [-0.2, -0.15) is 0 Å². The van der Waals surface area contributed by atoms with Crippen LogP contribution < -0.4 is 0 Å². The fraction of sp³-hybridized carbons (Fsp3) is 0.286. The molecule has 14 heavy (non-hydrogen) atoms. The van der Waals surface area contributed by atoms with Crippen molar-refractivity contribution in [1.82, 2.24) is 0 Å². The number of allylic oxidation sites excluding steroid dienone is 4. The van der Waals surface area contributed by atoms with Gasteiger partial charge in [-0.3, -0.25) is 0 Å². The summed E-state index contributed by atoms with van der Waals surface area (Å²) in [5.41, 5.74) is 4.39. The zero-order valence-corrected chi connectivity index (χ0v) is 8.83. The summed E-state index contributed by atoms with van der Waals surface area (Å²) in [5.74, 6) is 0.623. The van der Waals surface area contributed by atoms with Gasteiger partial charge >= 0.3 is 0 Å². The maximum absolute atomic E-state index is 2.32. The average Bonchev–Trinajstić information content (AvgIpc) is 2.52. The predicted octanol–water partition coefficient (Wildman–Crippen LogP) is 3.75. The Balaban J connectivity index is 2.11. The van der Waals surface area contributed by atoms with Gasteiger partial charge in [0.25, 0.3) is 0 Å². The van der Waals surface area contributed by atoms with Crippen molar-refractivity contribution < 1.29 is 0 Å². The van der Waals surface area contributed by atoms with Crippen molar-refractivity contribution in [2.75, 3.05) is 0 Å². The molecule has 0 saturated heterocycles. The van der Waals surface area contributed by atoms with Crippen LogP contribution in [0.25, 0.3) is 0 Å². The van der Waals surface area contributed by atoms with Crippen molar-refractivity contribution in [2.45, 2.75) is 20.3 Å². The van der Waals surface area contributed by atoms with E-state index < -0.39 is 0 Å². The first-order valence-corrected chi connectivity index (χ1v) is 5.17. The van der Waals surface area contributed by atoms with E-state index in [1.807, 2.05) is 0 Å². The monoisotopic (exact) mass is 184 g/mol. The van der Waals surface area contributed by atoms with Gasteiger partial charge in [-0.1, -0.05) is 53.6 Å². The van der Waals surface area contributed by atoms with Gasteiger partial charge in [0, 0.05) is 5.92 Å². The van der Waals surface area contributed by atoms with Gasteiger partial charge in [-0.15, -0.1) is 0 Å². The lowest BCUT2D eigenvalue weighted by molar-refractivity contribution is 0.762. The van der Waals surface area contributed by atoms with Crippen LogP contribution in [-0.2, 0) is 6.42 Å². The minimum Gasteiger partial charge on any atom is -0.0767 e. The van der Waals surface area contributed by atoms with Crippen LogP contribution in [-0.4, -0.2) is 0 Å². The van der Waals surface area contributed by atoms with Gasteiger partial charge in [0.05, 0.1) is 0 Å². The van der Waals surface area contributed by atoms with Crippen molar-refractivity contribution in [3.8, 4) is 0 Å². The van der Waals surface area contributed by atoms with E-state index in [0.29, 0.717) is 5.92 Å². The average molecular weight is 184 g/mol.